The van der Waals surface area contributed by atoms with Gasteiger partial charge in [0.05, 0.1) is 22.9 Å². The SMILES string of the molecule is CC(C)[C@H](NC(=O)OC(C)(C)C)C(=O)N=[S@@](C)(=O)c1ccc(N2CCOCC2)cc1. The van der Waals surface area contributed by atoms with E-state index >= 15 is 0 Å². The molecule has 1 saturated heterocycles. The van der Waals surface area contributed by atoms with Crippen molar-refractivity contribution in [2.45, 2.75) is 51.2 Å². The summed E-state index contributed by atoms with van der Waals surface area (Å²) in [5, 5.41) is 2.55. The van der Waals surface area contributed by atoms with E-state index < -0.39 is 33.4 Å². The van der Waals surface area contributed by atoms with Gasteiger partial charge in [0.2, 0.25) is 0 Å². The van der Waals surface area contributed by atoms with Crippen LogP contribution in [0.2, 0.25) is 0 Å². The van der Waals surface area contributed by atoms with Crippen molar-refractivity contribution in [3.63, 3.8) is 0 Å². The molecular formula is C21H33N3O5S. The number of alkyl carbamates (subject to hydrolysis) is 1. The summed E-state index contributed by atoms with van der Waals surface area (Å²) in [6.45, 7) is 11.7. The molecule has 1 aromatic carbocycles. The first-order chi connectivity index (χ1) is 13.9. The minimum Gasteiger partial charge on any atom is -0.444 e. The molecule has 0 saturated carbocycles. The normalized spacial score (nSPS) is 17.8. The van der Waals surface area contributed by atoms with Gasteiger partial charge in [-0.15, -0.1) is 0 Å². The highest BCUT2D eigenvalue weighted by molar-refractivity contribution is 7.93. The summed E-state index contributed by atoms with van der Waals surface area (Å²) in [6, 6.07) is 6.30. The third kappa shape index (κ3) is 6.98. The van der Waals surface area contributed by atoms with Crippen LogP contribution in [0.3, 0.4) is 0 Å². The third-order valence-electron chi connectivity index (χ3n) is 4.52. The van der Waals surface area contributed by atoms with Crippen LogP contribution in [0, 0.1) is 5.92 Å². The maximum atomic E-state index is 13.2. The zero-order chi connectivity index (χ0) is 22.5. The van der Waals surface area contributed by atoms with Crippen LogP contribution in [-0.2, 0) is 24.0 Å². The molecule has 1 N–H and O–H groups in total. The molecule has 0 unspecified atom stereocenters. The predicted molar refractivity (Wildman–Crippen MR) is 117 cm³/mol. The van der Waals surface area contributed by atoms with Gasteiger partial charge in [-0.05, 0) is 51.0 Å². The van der Waals surface area contributed by atoms with E-state index in [1.807, 2.05) is 12.1 Å². The summed E-state index contributed by atoms with van der Waals surface area (Å²) in [5.74, 6) is -0.881. The van der Waals surface area contributed by atoms with Gasteiger partial charge in [0, 0.05) is 29.9 Å². The Balaban J connectivity index is 2.17. The molecule has 168 valence electrons. The second-order valence-electron chi connectivity index (χ2n) is 8.69. The van der Waals surface area contributed by atoms with Crippen molar-refractivity contribution < 1.29 is 23.3 Å². The van der Waals surface area contributed by atoms with Gasteiger partial charge >= 0.3 is 6.09 Å². The largest absolute Gasteiger partial charge is 0.444 e. The highest BCUT2D eigenvalue weighted by atomic mass is 32.2. The monoisotopic (exact) mass is 439 g/mol. The Labute approximate surface area is 179 Å². The van der Waals surface area contributed by atoms with E-state index in [4.69, 9.17) is 9.47 Å². The maximum absolute atomic E-state index is 13.2. The molecule has 1 heterocycles. The molecule has 30 heavy (non-hydrogen) atoms. The molecule has 1 fully saturated rings. The lowest BCUT2D eigenvalue weighted by Gasteiger charge is -2.29. The van der Waals surface area contributed by atoms with Gasteiger partial charge in [0.15, 0.2) is 0 Å². The number of nitrogens with zero attached hydrogens (tertiary/aromatic N) is 2. The lowest BCUT2D eigenvalue weighted by Crippen LogP contribution is -2.46. The zero-order valence-corrected chi connectivity index (χ0v) is 19.5. The number of amides is 2. The van der Waals surface area contributed by atoms with E-state index in [-0.39, 0.29) is 5.92 Å². The van der Waals surface area contributed by atoms with Crippen LogP contribution in [0.1, 0.15) is 34.6 Å². The molecule has 0 aliphatic carbocycles. The fourth-order valence-electron chi connectivity index (χ4n) is 2.96. The highest BCUT2D eigenvalue weighted by Gasteiger charge is 2.28. The quantitative estimate of drug-likeness (QED) is 0.757. The number of rotatable bonds is 5. The number of ether oxygens (including phenoxy) is 2. The molecule has 1 aromatic rings. The summed E-state index contributed by atoms with van der Waals surface area (Å²) in [4.78, 5) is 27.5. The lowest BCUT2D eigenvalue weighted by molar-refractivity contribution is -0.120. The minimum atomic E-state index is -2.97. The van der Waals surface area contributed by atoms with Crippen LogP contribution in [-0.4, -0.2) is 60.4 Å². The van der Waals surface area contributed by atoms with Crippen molar-refractivity contribution in [3.05, 3.63) is 24.3 Å². The number of anilines is 1. The van der Waals surface area contributed by atoms with Gasteiger partial charge in [0.1, 0.15) is 11.6 Å². The first-order valence-corrected chi connectivity index (χ1v) is 12.0. The van der Waals surface area contributed by atoms with E-state index in [0.717, 1.165) is 18.8 Å². The van der Waals surface area contributed by atoms with Crippen molar-refractivity contribution >= 4 is 27.4 Å². The molecule has 0 spiro atoms. The Kier molecular flexibility index (Phi) is 7.87. The van der Waals surface area contributed by atoms with Crippen molar-refractivity contribution in [2.75, 3.05) is 37.5 Å². The number of hydrogen-bond donors (Lipinski definition) is 1. The Morgan fingerprint density at radius 1 is 1.17 bits per heavy atom. The highest BCUT2D eigenvalue weighted by Crippen LogP contribution is 2.21. The van der Waals surface area contributed by atoms with Crippen molar-refractivity contribution in [1.29, 1.82) is 0 Å². The van der Waals surface area contributed by atoms with Crippen LogP contribution in [0.4, 0.5) is 10.5 Å². The smallest absolute Gasteiger partial charge is 0.408 e. The number of carbonyl (C=O) groups is 2. The Morgan fingerprint density at radius 3 is 2.23 bits per heavy atom. The molecule has 2 rings (SSSR count). The molecule has 8 nitrogen and oxygen atoms in total. The number of morpholine rings is 1. The van der Waals surface area contributed by atoms with Crippen LogP contribution in [0.15, 0.2) is 33.5 Å². The predicted octanol–water partition coefficient (Wildman–Crippen LogP) is 3.06. The molecule has 9 heteroatoms. The van der Waals surface area contributed by atoms with Crippen LogP contribution in [0.5, 0.6) is 0 Å². The van der Waals surface area contributed by atoms with Gasteiger partial charge < -0.3 is 19.7 Å². The molecule has 0 radical (unpaired) electrons. The first kappa shape index (κ1) is 24.1. The fourth-order valence-corrected chi connectivity index (χ4v) is 4.16. The molecule has 2 amide bonds. The van der Waals surface area contributed by atoms with Gasteiger partial charge in [-0.2, -0.15) is 4.36 Å². The fraction of sp³-hybridized carbons (Fsp3) is 0.619. The third-order valence-corrected chi connectivity index (χ3v) is 6.19. The van der Waals surface area contributed by atoms with E-state index in [2.05, 4.69) is 14.6 Å². The van der Waals surface area contributed by atoms with E-state index in [0.29, 0.717) is 18.1 Å². The van der Waals surface area contributed by atoms with Crippen LogP contribution in [0.25, 0.3) is 0 Å². The zero-order valence-electron chi connectivity index (χ0n) is 18.6. The van der Waals surface area contributed by atoms with Gasteiger partial charge in [-0.3, -0.25) is 4.79 Å². The number of carbonyl (C=O) groups excluding carboxylic acids is 2. The van der Waals surface area contributed by atoms with Crippen molar-refractivity contribution in [3.8, 4) is 0 Å². The van der Waals surface area contributed by atoms with Gasteiger partial charge in [-0.25, -0.2) is 9.00 Å². The topological polar surface area (TPSA) is 97.3 Å². The Hall–Kier alpha value is -2.13. The molecule has 1 aliphatic heterocycles. The average Bonchev–Trinajstić information content (AvgIpc) is 2.65. The van der Waals surface area contributed by atoms with Gasteiger partial charge in [0.25, 0.3) is 5.91 Å². The van der Waals surface area contributed by atoms with Crippen molar-refractivity contribution in [1.82, 2.24) is 5.32 Å². The van der Waals surface area contributed by atoms with Crippen molar-refractivity contribution in [2.24, 2.45) is 10.3 Å². The molecule has 0 aromatic heterocycles. The van der Waals surface area contributed by atoms with E-state index in [9.17, 15) is 13.8 Å². The Bertz CT molecular complexity index is 862. The summed E-state index contributed by atoms with van der Waals surface area (Å²) >= 11 is 0. The molecule has 2 atom stereocenters. The molecular weight excluding hydrogens is 406 g/mol. The lowest BCUT2D eigenvalue weighted by atomic mass is 10.0. The second kappa shape index (κ2) is 9.78. The summed E-state index contributed by atoms with van der Waals surface area (Å²) in [6.07, 6.45) is 0.724. The average molecular weight is 440 g/mol. The standard InChI is InChI=1S/C21H33N3O5S/c1-15(2)18(22-20(26)29-21(3,4)5)19(25)23-30(6,27)17-9-7-16(8-10-17)24-11-13-28-14-12-24/h7-10,15,18H,11-14H2,1-6H3,(H,22,26)/t18-,30-/m0/s1. The maximum Gasteiger partial charge on any atom is 0.408 e. The summed E-state index contributed by atoms with van der Waals surface area (Å²) in [5.41, 5.74) is 0.321. The number of hydrogen-bond acceptors (Lipinski definition) is 6. The Morgan fingerprint density at radius 2 is 1.73 bits per heavy atom. The summed E-state index contributed by atoms with van der Waals surface area (Å²) in [7, 11) is -2.97. The molecule has 0 bridgehead atoms. The van der Waals surface area contributed by atoms with E-state index in [1.54, 1.807) is 46.8 Å². The number of nitrogens with one attached hydrogen (secondary N) is 1. The summed E-state index contributed by atoms with van der Waals surface area (Å²) < 4.78 is 27.7. The van der Waals surface area contributed by atoms with Gasteiger partial charge in [-0.1, -0.05) is 13.8 Å². The number of benzene rings is 1. The second-order valence-corrected chi connectivity index (χ2v) is 11.0. The van der Waals surface area contributed by atoms with Crippen LogP contribution >= 0.6 is 0 Å². The van der Waals surface area contributed by atoms with E-state index in [1.165, 1.54) is 6.26 Å². The molecule has 1 aliphatic rings. The minimum absolute atomic E-state index is 0.243. The van der Waals surface area contributed by atoms with Crippen LogP contribution < -0.4 is 10.2 Å². The first-order valence-electron chi connectivity index (χ1n) is 10.1.